The topological polar surface area (TPSA) is 211 Å². The molecule has 0 fully saturated rings. The van der Waals surface area contributed by atoms with E-state index in [1.165, 1.54) is 24.3 Å². The molecule has 3 aromatic rings. The molecule has 0 spiro atoms. The molecule has 0 saturated heterocycles. The zero-order valence-corrected chi connectivity index (χ0v) is 24.5. The Kier molecular flexibility index (Phi) is 10.8. The van der Waals surface area contributed by atoms with E-state index >= 15 is 0 Å². The number of alkyl halides is 4. The number of rotatable bonds is 13. The number of hydrogen-bond acceptors (Lipinski definition) is 5. The first-order chi connectivity index (χ1) is 20.7. The fourth-order valence-corrected chi connectivity index (χ4v) is 4.97. The van der Waals surface area contributed by atoms with Crippen LogP contribution in [0.1, 0.15) is 32.6 Å². The average molecular weight is 676 g/mol. The van der Waals surface area contributed by atoms with E-state index in [1.807, 2.05) is 0 Å². The number of amides is 2. The predicted octanol–water partition coefficient (Wildman–Crippen LogP) is 3.29. The van der Waals surface area contributed by atoms with Crippen LogP contribution in [0.15, 0.2) is 78.9 Å². The summed E-state index contributed by atoms with van der Waals surface area (Å²) in [6.07, 6.45) is -0.862. The Morgan fingerprint density at radius 1 is 0.644 bits per heavy atom. The van der Waals surface area contributed by atoms with Crippen LogP contribution in [0.2, 0.25) is 0 Å². The number of hydrogen-bond donors (Lipinski definition) is 7. The number of carbonyl (C=O) groups is 3. The Bertz CT molecular complexity index is 1630. The van der Waals surface area contributed by atoms with E-state index in [2.05, 4.69) is 10.6 Å². The minimum absolute atomic E-state index is 0.0828. The van der Waals surface area contributed by atoms with Gasteiger partial charge in [0.15, 0.2) is 0 Å². The maximum absolute atomic E-state index is 14.1. The molecular weight excluding hydrogens is 650 g/mol. The lowest BCUT2D eigenvalue weighted by atomic mass is 10.0. The summed E-state index contributed by atoms with van der Waals surface area (Å²) in [5.41, 5.74) is -10.7. The molecular formula is C27H26F4N2O10P2. The molecule has 0 saturated carbocycles. The summed E-state index contributed by atoms with van der Waals surface area (Å²) in [4.78, 5) is 73.8. The number of carboxylic acid groups (broad SMARTS) is 1. The molecule has 3 aromatic carbocycles. The molecule has 0 aliphatic carbocycles. The normalized spacial score (nSPS) is 13.9. The highest BCUT2D eigenvalue weighted by Crippen LogP contribution is 2.60. The van der Waals surface area contributed by atoms with Gasteiger partial charge in [-0.1, -0.05) is 66.7 Å². The molecule has 0 aliphatic heterocycles. The standard InChI is InChI=1S/C27H26F4N2O10P2/c28-26(29,44(38,39)40)19-10-6-16(7-11-19)14-21(32-23(34)18-4-2-1-3-5-18)24(35)33-22(25(36)37)15-17-8-12-20(13-9-17)27(30,31)45(41,42)43/h1-13,21-22H,14-15H2,(H,32,34)(H,33,35)(H,36,37)(H2,38,39,40)(H2,41,42,43)/t21-,22?/m0/s1. The van der Waals surface area contributed by atoms with Gasteiger partial charge in [0.25, 0.3) is 5.91 Å². The van der Waals surface area contributed by atoms with Gasteiger partial charge in [-0.05, 0) is 23.3 Å². The zero-order chi connectivity index (χ0) is 33.8. The second kappa shape index (κ2) is 13.6. The van der Waals surface area contributed by atoms with Gasteiger partial charge in [0.1, 0.15) is 12.1 Å². The van der Waals surface area contributed by atoms with Crippen LogP contribution in [0, 0.1) is 0 Å². The molecule has 7 N–H and O–H groups in total. The van der Waals surface area contributed by atoms with E-state index in [9.17, 15) is 46.2 Å². The quantitative estimate of drug-likeness (QED) is 0.104. The molecule has 45 heavy (non-hydrogen) atoms. The van der Waals surface area contributed by atoms with Crippen LogP contribution >= 0.6 is 15.2 Å². The van der Waals surface area contributed by atoms with Gasteiger partial charge in [-0.3, -0.25) is 18.7 Å². The van der Waals surface area contributed by atoms with Crippen molar-refractivity contribution in [3.05, 3.63) is 107 Å². The molecule has 0 heterocycles. The van der Waals surface area contributed by atoms with Crippen LogP contribution in [-0.2, 0) is 42.9 Å². The minimum atomic E-state index is -5.86. The van der Waals surface area contributed by atoms with E-state index in [1.54, 1.807) is 6.07 Å². The Morgan fingerprint density at radius 3 is 1.42 bits per heavy atom. The first kappa shape index (κ1) is 35.6. The predicted molar refractivity (Wildman–Crippen MR) is 149 cm³/mol. The summed E-state index contributed by atoms with van der Waals surface area (Å²) < 4.78 is 78.4. The summed E-state index contributed by atoms with van der Waals surface area (Å²) in [5.74, 6) is -3.36. The van der Waals surface area contributed by atoms with Gasteiger partial charge in [0.2, 0.25) is 5.91 Å². The maximum atomic E-state index is 14.1. The monoisotopic (exact) mass is 676 g/mol. The third kappa shape index (κ3) is 8.63. The second-order valence-electron chi connectivity index (χ2n) is 9.76. The van der Waals surface area contributed by atoms with Crippen molar-refractivity contribution >= 4 is 33.0 Å². The molecule has 12 nitrogen and oxygen atoms in total. The molecule has 0 radical (unpaired) electrons. The van der Waals surface area contributed by atoms with Crippen LogP contribution in [-0.4, -0.2) is 54.5 Å². The van der Waals surface area contributed by atoms with Gasteiger partial charge in [-0.15, -0.1) is 0 Å². The number of benzene rings is 3. The van der Waals surface area contributed by atoms with Crippen LogP contribution in [0.5, 0.6) is 0 Å². The van der Waals surface area contributed by atoms with Crippen LogP contribution in [0.25, 0.3) is 0 Å². The van der Waals surface area contributed by atoms with Gasteiger partial charge in [-0.25, -0.2) is 4.79 Å². The van der Waals surface area contributed by atoms with Crippen LogP contribution < -0.4 is 10.6 Å². The van der Waals surface area contributed by atoms with Gasteiger partial charge in [0, 0.05) is 29.5 Å². The van der Waals surface area contributed by atoms with E-state index in [0.717, 1.165) is 36.4 Å². The molecule has 1 unspecified atom stereocenters. The summed E-state index contributed by atoms with van der Waals surface area (Å²) >= 11 is 0. The lowest BCUT2D eigenvalue weighted by molar-refractivity contribution is -0.142. The lowest BCUT2D eigenvalue weighted by Gasteiger charge is -2.23. The van der Waals surface area contributed by atoms with Crippen molar-refractivity contribution < 1.29 is 65.8 Å². The maximum Gasteiger partial charge on any atom is 0.399 e. The summed E-state index contributed by atoms with van der Waals surface area (Å²) in [6, 6.07) is 11.2. The fraction of sp³-hybridized carbons (Fsp3) is 0.222. The van der Waals surface area contributed by atoms with Crippen molar-refractivity contribution in [2.24, 2.45) is 0 Å². The number of halogens is 4. The molecule has 242 valence electrons. The highest BCUT2D eigenvalue weighted by atomic mass is 31.2. The number of nitrogens with one attached hydrogen (secondary N) is 2. The van der Waals surface area contributed by atoms with E-state index < -0.39 is 73.9 Å². The third-order valence-corrected chi connectivity index (χ3v) is 8.47. The Hall–Kier alpha value is -3.91. The number of carbonyl (C=O) groups excluding carboxylic acids is 2. The van der Waals surface area contributed by atoms with Crippen molar-refractivity contribution in [2.75, 3.05) is 0 Å². The molecule has 2 atom stereocenters. The Labute approximate surface area is 252 Å². The molecule has 3 rings (SSSR count). The summed E-state index contributed by atoms with van der Waals surface area (Å²) in [5, 5.41) is 14.4. The SMILES string of the molecule is O=C(N[C@@H](Cc1ccc(C(F)(F)P(=O)(O)O)cc1)C(=O)NC(Cc1ccc(C(F)(F)P(=O)(O)O)cc1)C(=O)O)c1ccccc1. The van der Waals surface area contributed by atoms with Crippen molar-refractivity contribution in [2.45, 2.75) is 36.3 Å². The summed E-state index contributed by atoms with van der Waals surface area (Å²) in [7, 11) is -11.7. The van der Waals surface area contributed by atoms with E-state index in [-0.39, 0.29) is 23.1 Å². The molecule has 0 aromatic heterocycles. The van der Waals surface area contributed by atoms with Crippen molar-refractivity contribution in [1.29, 1.82) is 0 Å². The van der Waals surface area contributed by atoms with Crippen LogP contribution in [0.3, 0.4) is 0 Å². The van der Waals surface area contributed by atoms with Crippen LogP contribution in [0.4, 0.5) is 17.6 Å². The first-order valence-corrected chi connectivity index (χ1v) is 15.9. The van der Waals surface area contributed by atoms with Crippen molar-refractivity contribution in [3.63, 3.8) is 0 Å². The fourth-order valence-electron chi connectivity index (χ4n) is 4.00. The van der Waals surface area contributed by atoms with E-state index in [0.29, 0.717) is 12.1 Å². The molecule has 0 aliphatic rings. The number of aliphatic carboxylic acids is 1. The van der Waals surface area contributed by atoms with Gasteiger partial charge in [-0.2, -0.15) is 17.6 Å². The second-order valence-corrected chi connectivity index (χ2v) is 13.1. The molecule has 2 amide bonds. The zero-order valence-electron chi connectivity index (χ0n) is 22.8. The van der Waals surface area contributed by atoms with Gasteiger partial charge in [0.05, 0.1) is 0 Å². The first-order valence-electron chi connectivity index (χ1n) is 12.7. The minimum Gasteiger partial charge on any atom is -0.480 e. The largest absolute Gasteiger partial charge is 0.480 e. The van der Waals surface area contributed by atoms with Gasteiger partial charge < -0.3 is 35.3 Å². The number of carboxylic acids is 1. The van der Waals surface area contributed by atoms with Crippen molar-refractivity contribution in [1.82, 2.24) is 10.6 Å². The Balaban J connectivity index is 1.84. The molecule has 0 bridgehead atoms. The van der Waals surface area contributed by atoms with Gasteiger partial charge >= 0.3 is 32.5 Å². The lowest BCUT2D eigenvalue weighted by Crippen LogP contribution is -2.53. The highest BCUT2D eigenvalue weighted by Gasteiger charge is 2.51. The summed E-state index contributed by atoms with van der Waals surface area (Å²) in [6.45, 7) is 0. The smallest absolute Gasteiger partial charge is 0.399 e. The highest BCUT2D eigenvalue weighted by molar-refractivity contribution is 7.52. The van der Waals surface area contributed by atoms with E-state index in [4.69, 9.17) is 19.6 Å². The molecule has 18 heteroatoms. The van der Waals surface area contributed by atoms with Crippen molar-refractivity contribution in [3.8, 4) is 0 Å². The Morgan fingerprint density at radius 2 is 1.04 bits per heavy atom. The third-order valence-electron chi connectivity index (χ3n) is 6.49. The average Bonchev–Trinajstić information content (AvgIpc) is 2.96.